The number of nitrogens with zero attached hydrogens (tertiary/aromatic N) is 2. The van der Waals surface area contributed by atoms with Crippen molar-refractivity contribution in [1.29, 1.82) is 0 Å². The van der Waals surface area contributed by atoms with Crippen LogP contribution < -0.4 is 0 Å². The number of hydrogen-bond acceptors (Lipinski definition) is 2. The van der Waals surface area contributed by atoms with Crippen molar-refractivity contribution in [3.63, 3.8) is 0 Å². The average molecular weight is 281 g/mol. The molecule has 0 fully saturated rings. The number of rotatable bonds is 6. The fourth-order valence-corrected chi connectivity index (χ4v) is 3.07. The van der Waals surface area contributed by atoms with E-state index in [0.29, 0.717) is 6.04 Å². The number of benzene rings is 1. The number of aromatic nitrogens is 2. The van der Waals surface area contributed by atoms with Crippen LogP contribution in [0.15, 0.2) is 55.0 Å². The van der Waals surface area contributed by atoms with Crippen molar-refractivity contribution in [3.8, 4) is 0 Å². The van der Waals surface area contributed by atoms with Crippen LogP contribution in [0.3, 0.4) is 0 Å². The van der Waals surface area contributed by atoms with Crippen molar-refractivity contribution < 1.29 is 0 Å². The third-order valence-corrected chi connectivity index (χ3v) is 4.19. The summed E-state index contributed by atoms with van der Waals surface area (Å²) in [4.78, 5) is 10.1. The molecule has 0 saturated carbocycles. The van der Waals surface area contributed by atoms with Crippen LogP contribution >= 0.6 is 0 Å². The molecule has 1 aliphatic rings. The molecule has 110 valence electrons. The van der Waals surface area contributed by atoms with Gasteiger partial charge in [-0.3, -0.25) is 4.90 Å². The second-order valence-electron chi connectivity index (χ2n) is 5.66. The van der Waals surface area contributed by atoms with Gasteiger partial charge in [0.1, 0.15) is 0 Å². The van der Waals surface area contributed by atoms with E-state index >= 15 is 0 Å². The fraction of sp³-hybridized carbons (Fsp3) is 0.389. The average Bonchev–Trinajstić information content (AvgIpc) is 3.07. The van der Waals surface area contributed by atoms with Crippen molar-refractivity contribution >= 4 is 0 Å². The normalized spacial score (nSPS) is 17.0. The molecule has 1 atom stereocenters. The van der Waals surface area contributed by atoms with E-state index in [4.69, 9.17) is 0 Å². The van der Waals surface area contributed by atoms with E-state index < -0.39 is 0 Å². The van der Waals surface area contributed by atoms with Crippen molar-refractivity contribution in [2.24, 2.45) is 0 Å². The molecule has 2 aromatic rings. The Morgan fingerprint density at radius 2 is 2.10 bits per heavy atom. The van der Waals surface area contributed by atoms with Crippen LogP contribution in [0.1, 0.15) is 36.6 Å². The van der Waals surface area contributed by atoms with E-state index in [0.717, 1.165) is 25.9 Å². The number of imidazole rings is 1. The number of nitrogens with one attached hydrogen (secondary N) is 1. The highest BCUT2D eigenvalue weighted by molar-refractivity contribution is 5.15. The SMILES string of the molecule is C1=CCN(C(CCCc2ccccc2)c2cnc[nH]2)CC1. The Balaban J connectivity index is 1.61. The first-order valence-corrected chi connectivity index (χ1v) is 7.85. The third-order valence-electron chi connectivity index (χ3n) is 4.19. The molecule has 0 amide bonds. The Kier molecular flexibility index (Phi) is 4.85. The van der Waals surface area contributed by atoms with Crippen LogP contribution in [-0.2, 0) is 6.42 Å². The fourth-order valence-electron chi connectivity index (χ4n) is 3.07. The lowest BCUT2D eigenvalue weighted by molar-refractivity contribution is 0.199. The van der Waals surface area contributed by atoms with Gasteiger partial charge in [0.05, 0.1) is 18.1 Å². The van der Waals surface area contributed by atoms with Gasteiger partial charge in [-0.1, -0.05) is 42.5 Å². The maximum Gasteiger partial charge on any atom is 0.0922 e. The summed E-state index contributed by atoms with van der Waals surface area (Å²) in [6.07, 6.45) is 13.0. The van der Waals surface area contributed by atoms with Gasteiger partial charge in [-0.05, 0) is 31.2 Å². The minimum atomic E-state index is 0.459. The first-order chi connectivity index (χ1) is 10.4. The Labute approximate surface area is 126 Å². The molecular formula is C18H23N3. The number of aromatic amines is 1. The molecule has 1 aromatic carbocycles. The van der Waals surface area contributed by atoms with Gasteiger partial charge in [0.2, 0.25) is 0 Å². The Morgan fingerprint density at radius 3 is 2.81 bits per heavy atom. The molecule has 1 aliphatic heterocycles. The zero-order valence-electron chi connectivity index (χ0n) is 12.4. The molecule has 3 rings (SSSR count). The van der Waals surface area contributed by atoms with E-state index in [9.17, 15) is 0 Å². The molecule has 0 spiro atoms. The van der Waals surface area contributed by atoms with Crippen LogP contribution in [-0.4, -0.2) is 28.0 Å². The molecule has 3 heteroatoms. The van der Waals surface area contributed by atoms with Gasteiger partial charge in [0.25, 0.3) is 0 Å². The smallest absolute Gasteiger partial charge is 0.0922 e. The first kappa shape index (κ1) is 14.1. The molecule has 3 nitrogen and oxygen atoms in total. The topological polar surface area (TPSA) is 31.9 Å². The zero-order valence-corrected chi connectivity index (χ0v) is 12.4. The number of aryl methyl sites for hydroxylation is 1. The molecule has 1 N–H and O–H groups in total. The van der Waals surface area contributed by atoms with Crippen molar-refractivity contribution in [3.05, 3.63) is 66.3 Å². The van der Waals surface area contributed by atoms with Crippen molar-refractivity contribution in [1.82, 2.24) is 14.9 Å². The maximum atomic E-state index is 4.20. The molecule has 0 bridgehead atoms. The Bertz CT molecular complexity index is 545. The maximum absolute atomic E-state index is 4.20. The van der Waals surface area contributed by atoms with E-state index in [1.807, 2.05) is 6.20 Å². The highest BCUT2D eigenvalue weighted by Gasteiger charge is 2.21. The molecule has 2 heterocycles. The van der Waals surface area contributed by atoms with Crippen LogP contribution in [0.4, 0.5) is 0 Å². The van der Waals surface area contributed by atoms with Crippen molar-refractivity contribution in [2.75, 3.05) is 13.1 Å². The van der Waals surface area contributed by atoms with E-state index in [1.165, 1.54) is 24.1 Å². The second-order valence-corrected chi connectivity index (χ2v) is 5.66. The summed E-state index contributed by atoms with van der Waals surface area (Å²) in [5.74, 6) is 0. The second kappa shape index (κ2) is 7.23. The lowest BCUT2D eigenvalue weighted by atomic mass is 10.0. The van der Waals surface area contributed by atoms with Gasteiger partial charge in [-0.15, -0.1) is 0 Å². The summed E-state index contributed by atoms with van der Waals surface area (Å²) in [6.45, 7) is 2.19. The summed E-state index contributed by atoms with van der Waals surface area (Å²) < 4.78 is 0. The highest BCUT2D eigenvalue weighted by Crippen LogP contribution is 2.26. The van der Waals surface area contributed by atoms with Gasteiger partial charge < -0.3 is 4.98 Å². The molecule has 0 radical (unpaired) electrons. The molecule has 0 aliphatic carbocycles. The Morgan fingerprint density at radius 1 is 1.19 bits per heavy atom. The highest BCUT2D eigenvalue weighted by atomic mass is 15.2. The monoisotopic (exact) mass is 281 g/mol. The zero-order chi connectivity index (χ0) is 14.3. The van der Waals surface area contributed by atoms with Gasteiger partial charge in [0, 0.05) is 19.3 Å². The minimum Gasteiger partial charge on any atom is -0.347 e. The van der Waals surface area contributed by atoms with Crippen LogP contribution in [0.5, 0.6) is 0 Å². The van der Waals surface area contributed by atoms with Crippen LogP contribution in [0, 0.1) is 0 Å². The summed E-state index contributed by atoms with van der Waals surface area (Å²) in [6, 6.07) is 11.2. The minimum absolute atomic E-state index is 0.459. The largest absolute Gasteiger partial charge is 0.347 e. The molecule has 0 saturated heterocycles. The third kappa shape index (κ3) is 3.82. The first-order valence-electron chi connectivity index (χ1n) is 7.85. The summed E-state index contributed by atoms with van der Waals surface area (Å²) in [5, 5.41) is 0. The lowest BCUT2D eigenvalue weighted by Crippen LogP contribution is -2.32. The lowest BCUT2D eigenvalue weighted by Gasteiger charge is -2.31. The van der Waals surface area contributed by atoms with Gasteiger partial charge >= 0.3 is 0 Å². The number of H-pyrrole nitrogens is 1. The molecular weight excluding hydrogens is 258 g/mol. The van der Waals surface area contributed by atoms with E-state index in [-0.39, 0.29) is 0 Å². The van der Waals surface area contributed by atoms with E-state index in [2.05, 4.69) is 57.4 Å². The van der Waals surface area contributed by atoms with Crippen LogP contribution in [0.2, 0.25) is 0 Å². The van der Waals surface area contributed by atoms with Crippen molar-refractivity contribution in [2.45, 2.75) is 31.7 Å². The van der Waals surface area contributed by atoms with Gasteiger partial charge in [0.15, 0.2) is 0 Å². The summed E-state index contributed by atoms with van der Waals surface area (Å²) in [5.41, 5.74) is 2.68. The predicted octanol–water partition coefficient (Wildman–Crippen LogP) is 3.74. The van der Waals surface area contributed by atoms with E-state index in [1.54, 1.807) is 6.33 Å². The summed E-state index contributed by atoms with van der Waals surface area (Å²) in [7, 11) is 0. The molecule has 1 aromatic heterocycles. The predicted molar refractivity (Wildman–Crippen MR) is 86.0 cm³/mol. The standard InChI is InChI=1S/C18H23N3/c1-3-8-16(9-4-1)10-7-11-18(17-14-19-15-20-17)21-12-5-2-6-13-21/h1-5,8-9,14-15,18H,6-7,10-13H2,(H,19,20). The quantitative estimate of drug-likeness (QED) is 0.818. The molecule has 21 heavy (non-hydrogen) atoms. The van der Waals surface area contributed by atoms with Crippen LogP contribution in [0.25, 0.3) is 0 Å². The summed E-state index contributed by atoms with van der Waals surface area (Å²) >= 11 is 0. The Hall–Kier alpha value is -1.87. The van der Waals surface area contributed by atoms with Gasteiger partial charge in [-0.2, -0.15) is 0 Å². The van der Waals surface area contributed by atoms with Gasteiger partial charge in [-0.25, -0.2) is 4.98 Å². The molecule has 1 unspecified atom stereocenters. The number of hydrogen-bond donors (Lipinski definition) is 1.